The molecule has 0 amide bonds. The first-order valence-corrected chi connectivity index (χ1v) is 5.11. The van der Waals surface area contributed by atoms with Crippen molar-refractivity contribution in [3.63, 3.8) is 0 Å². The quantitative estimate of drug-likeness (QED) is 0.844. The van der Waals surface area contributed by atoms with Crippen LogP contribution < -0.4 is 15.2 Å². The highest BCUT2D eigenvalue weighted by molar-refractivity contribution is 5.51. The second-order valence-corrected chi connectivity index (χ2v) is 3.36. The van der Waals surface area contributed by atoms with Gasteiger partial charge in [0.15, 0.2) is 5.82 Å². The van der Waals surface area contributed by atoms with Crippen molar-refractivity contribution in [1.29, 1.82) is 0 Å². The van der Waals surface area contributed by atoms with Gasteiger partial charge in [-0.15, -0.1) is 10.2 Å². The summed E-state index contributed by atoms with van der Waals surface area (Å²) >= 11 is 0. The van der Waals surface area contributed by atoms with Crippen molar-refractivity contribution in [1.82, 2.24) is 14.8 Å². The highest BCUT2D eigenvalue weighted by Gasteiger charge is 2.10. The predicted octanol–water partition coefficient (Wildman–Crippen LogP) is 0.743. The van der Waals surface area contributed by atoms with Gasteiger partial charge in [-0.2, -0.15) is 0 Å². The lowest BCUT2D eigenvalue weighted by Crippen LogP contribution is -2.07. The van der Waals surface area contributed by atoms with Crippen LogP contribution >= 0.6 is 0 Å². The molecule has 90 valence electrons. The molecule has 2 N–H and O–H groups in total. The summed E-state index contributed by atoms with van der Waals surface area (Å²) in [7, 11) is 3.21. The number of benzene rings is 1. The number of rotatable bonds is 4. The molecule has 2 rings (SSSR count). The van der Waals surface area contributed by atoms with Crippen LogP contribution in [0.3, 0.4) is 0 Å². The van der Waals surface area contributed by atoms with E-state index in [-0.39, 0.29) is 0 Å². The first kappa shape index (κ1) is 11.4. The van der Waals surface area contributed by atoms with Crippen LogP contribution in [-0.4, -0.2) is 29.0 Å². The second-order valence-electron chi connectivity index (χ2n) is 3.36. The number of ether oxygens (including phenoxy) is 2. The van der Waals surface area contributed by atoms with E-state index in [1.807, 2.05) is 12.1 Å². The molecule has 0 saturated heterocycles. The van der Waals surface area contributed by atoms with Crippen molar-refractivity contribution in [3.05, 3.63) is 30.4 Å². The Morgan fingerprint density at radius 1 is 1.29 bits per heavy atom. The lowest BCUT2D eigenvalue weighted by molar-refractivity contribution is 0.393. The average molecular weight is 234 g/mol. The Bertz CT molecular complexity index is 510. The molecule has 1 aromatic carbocycles. The van der Waals surface area contributed by atoms with Gasteiger partial charge in [0.1, 0.15) is 17.8 Å². The van der Waals surface area contributed by atoms with Crippen molar-refractivity contribution >= 4 is 0 Å². The fourth-order valence-electron chi connectivity index (χ4n) is 1.58. The summed E-state index contributed by atoms with van der Waals surface area (Å²) in [6.07, 6.45) is 1.60. The zero-order valence-electron chi connectivity index (χ0n) is 9.75. The van der Waals surface area contributed by atoms with Crippen LogP contribution in [0.2, 0.25) is 0 Å². The molecule has 0 unspecified atom stereocenters. The Kier molecular flexibility index (Phi) is 3.24. The zero-order valence-corrected chi connectivity index (χ0v) is 9.75. The molecule has 6 heteroatoms. The van der Waals surface area contributed by atoms with Crippen molar-refractivity contribution in [2.45, 2.75) is 6.54 Å². The maximum atomic E-state index is 5.59. The number of hydrogen-bond donors (Lipinski definition) is 1. The molecule has 0 fully saturated rings. The number of aromatic nitrogens is 3. The third kappa shape index (κ3) is 2.07. The first-order valence-electron chi connectivity index (χ1n) is 5.11. The van der Waals surface area contributed by atoms with Gasteiger partial charge < -0.3 is 15.2 Å². The van der Waals surface area contributed by atoms with Gasteiger partial charge in [0.25, 0.3) is 0 Å². The van der Waals surface area contributed by atoms with Gasteiger partial charge in [0.2, 0.25) is 0 Å². The largest absolute Gasteiger partial charge is 0.497 e. The van der Waals surface area contributed by atoms with E-state index in [2.05, 4.69) is 10.2 Å². The monoisotopic (exact) mass is 234 g/mol. The molecule has 0 aliphatic carbocycles. The number of nitrogens with zero attached hydrogens (tertiary/aromatic N) is 3. The van der Waals surface area contributed by atoms with E-state index in [4.69, 9.17) is 15.2 Å². The maximum Gasteiger partial charge on any atom is 0.151 e. The van der Waals surface area contributed by atoms with Crippen LogP contribution in [0.15, 0.2) is 24.5 Å². The molecule has 1 aromatic heterocycles. The molecule has 6 nitrogen and oxygen atoms in total. The van der Waals surface area contributed by atoms with Gasteiger partial charge >= 0.3 is 0 Å². The first-order chi connectivity index (χ1) is 8.30. The summed E-state index contributed by atoms with van der Waals surface area (Å²) in [5.41, 5.74) is 6.42. The van der Waals surface area contributed by atoms with Crippen molar-refractivity contribution in [3.8, 4) is 17.2 Å². The lowest BCUT2D eigenvalue weighted by Gasteiger charge is -2.11. The third-order valence-corrected chi connectivity index (χ3v) is 2.45. The van der Waals surface area contributed by atoms with Crippen LogP contribution in [0.1, 0.15) is 5.82 Å². The van der Waals surface area contributed by atoms with Gasteiger partial charge in [-0.05, 0) is 12.1 Å². The summed E-state index contributed by atoms with van der Waals surface area (Å²) in [6.45, 7) is 0.315. The molecular weight excluding hydrogens is 220 g/mol. The molecule has 0 atom stereocenters. The van der Waals surface area contributed by atoms with E-state index in [0.717, 1.165) is 11.4 Å². The van der Waals surface area contributed by atoms with Crippen molar-refractivity contribution < 1.29 is 9.47 Å². The van der Waals surface area contributed by atoms with Gasteiger partial charge in [0.05, 0.1) is 26.5 Å². The van der Waals surface area contributed by atoms with E-state index in [9.17, 15) is 0 Å². The van der Waals surface area contributed by atoms with E-state index in [0.29, 0.717) is 18.1 Å². The standard InChI is InChI=1S/C11H14N4O2/c1-16-8-3-4-9(10(5-8)17-2)15-7-13-14-11(15)6-12/h3-5,7H,6,12H2,1-2H3. The molecule has 2 aromatic rings. The molecule has 0 aliphatic heterocycles. The van der Waals surface area contributed by atoms with E-state index >= 15 is 0 Å². The van der Waals surface area contributed by atoms with Crippen LogP contribution in [0, 0.1) is 0 Å². The van der Waals surface area contributed by atoms with Crippen LogP contribution in [0.4, 0.5) is 0 Å². The van der Waals surface area contributed by atoms with E-state index < -0.39 is 0 Å². The molecule has 0 aliphatic rings. The Balaban J connectivity index is 2.51. The van der Waals surface area contributed by atoms with Crippen LogP contribution in [-0.2, 0) is 6.54 Å². The normalized spacial score (nSPS) is 10.3. The molecular formula is C11H14N4O2. The van der Waals surface area contributed by atoms with Gasteiger partial charge in [-0.1, -0.05) is 0 Å². The molecule has 0 radical (unpaired) electrons. The highest BCUT2D eigenvalue weighted by atomic mass is 16.5. The van der Waals surface area contributed by atoms with Gasteiger partial charge in [0, 0.05) is 6.07 Å². The molecule has 1 heterocycles. The minimum Gasteiger partial charge on any atom is -0.497 e. The van der Waals surface area contributed by atoms with E-state index in [1.54, 1.807) is 31.2 Å². The second kappa shape index (κ2) is 4.84. The van der Waals surface area contributed by atoms with Crippen molar-refractivity contribution in [2.75, 3.05) is 14.2 Å². The minimum absolute atomic E-state index is 0.315. The van der Waals surface area contributed by atoms with Crippen molar-refractivity contribution in [2.24, 2.45) is 5.73 Å². The topological polar surface area (TPSA) is 75.2 Å². The Morgan fingerprint density at radius 2 is 2.12 bits per heavy atom. The van der Waals surface area contributed by atoms with E-state index in [1.165, 1.54) is 0 Å². The summed E-state index contributed by atoms with van der Waals surface area (Å²) in [6, 6.07) is 5.52. The maximum absolute atomic E-state index is 5.59. The lowest BCUT2D eigenvalue weighted by atomic mass is 10.2. The fourth-order valence-corrected chi connectivity index (χ4v) is 1.58. The third-order valence-electron chi connectivity index (χ3n) is 2.45. The predicted molar refractivity (Wildman–Crippen MR) is 62.4 cm³/mol. The summed E-state index contributed by atoms with van der Waals surface area (Å²) in [5.74, 6) is 2.08. The zero-order chi connectivity index (χ0) is 12.3. The summed E-state index contributed by atoms with van der Waals surface area (Å²) < 4.78 is 12.2. The molecule has 0 bridgehead atoms. The van der Waals surface area contributed by atoms with Gasteiger partial charge in [-0.25, -0.2) is 0 Å². The Morgan fingerprint density at radius 3 is 2.76 bits per heavy atom. The smallest absolute Gasteiger partial charge is 0.151 e. The molecule has 0 saturated carbocycles. The van der Waals surface area contributed by atoms with Gasteiger partial charge in [-0.3, -0.25) is 4.57 Å². The fraction of sp³-hybridized carbons (Fsp3) is 0.273. The Labute approximate surface area is 99.0 Å². The molecule has 0 spiro atoms. The van der Waals surface area contributed by atoms with Crippen LogP contribution in [0.25, 0.3) is 5.69 Å². The Hall–Kier alpha value is -2.08. The number of methoxy groups -OCH3 is 2. The molecule has 17 heavy (non-hydrogen) atoms. The highest BCUT2D eigenvalue weighted by Crippen LogP contribution is 2.28. The number of hydrogen-bond acceptors (Lipinski definition) is 5. The average Bonchev–Trinajstić information content (AvgIpc) is 2.85. The summed E-state index contributed by atoms with van der Waals surface area (Å²) in [4.78, 5) is 0. The minimum atomic E-state index is 0.315. The SMILES string of the molecule is COc1ccc(-n2cnnc2CN)c(OC)c1. The van der Waals surface area contributed by atoms with Crippen LogP contribution in [0.5, 0.6) is 11.5 Å². The summed E-state index contributed by atoms with van der Waals surface area (Å²) in [5, 5.41) is 7.76. The number of nitrogens with two attached hydrogens (primary N) is 1.